The third-order valence-corrected chi connectivity index (χ3v) is 8.93. The number of nitrogens with zero attached hydrogens (tertiary/aromatic N) is 2. The number of ether oxygens (including phenoxy) is 1. The number of nitrogens with one attached hydrogen (secondary N) is 1. The molecule has 212 valence electrons. The molecule has 1 aliphatic carbocycles. The van der Waals surface area contributed by atoms with Gasteiger partial charge in [0.1, 0.15) is 11.4 Å². The average molecular weight is 596 g/mol. The monoisotopic (exact) mass is 595 g/mol. The van der Waals surface area contributed by atoms with Crippen LogP contribution in [0.1, 0.15) is 28.8 Å². The van der Waals surface area contributed by atoms with Crippen molar-refractivity contribution in [3.8, 4) is 0 Å². The van der Waals surface area contributed by atoms with Gasteiger partial charge in [-0.1, -0.05) is 41.9 Å². The zero-order chi connectivity index (χ0) is 29.1. The normalized spacial score (nSPS) is 27.5. The summed E-state index contributed by atoms with van der Waals surface area (Å²) in [5.74, 6) is -3.32. The molecule has 1 spiro atoms. The third kappa shape index (κ3) is 4.49. The number of hydrogen-bond donors (Lipinski definition) is 1. The minimum Gasteiger partial charge on any atom is -0.465 e. The zero-order valence-corrected chi connectivity index (χ0v) is 23.8. The number of rotatable bonds is 7. The second kappa shape index (κ2) is 10.4. The van der Waals surface area contributed by atoms with Crippen molar-refractivity contribution in [3.63, 3.8) is 0 Å². The van der Waals surface area contributed by atoms with Gasteiger partial charge in [-0.3, -0.25) is 14.5 Å². The maximum absolute atomic E-state index is 16.5. The molecule has 2 aromatic carbocycles. The van der Waals surface area contributed by atoms with E-state index in [0.29, 0.717) is 40.0 Å². The minimum absolute atomic E-state index is 0.223. The molecule has 2 aromatic rings. The summed E-state index contributed by atoms with van der Waals surface area (Å²) in [4.78, 5) is 43.9. The highest BCUT2D eigenvalue weighted by molar-refractivity contribution is 6.31. The Morgan fingerprint density at radius 3 is 2.61 bits per heavy atom. The Kier molecular flexibility index (Phi) is 7.04. The number of carbonyl (C=O) groups is 3. The van der Waals surface area contributed by atoms with Gasteiger partial charge in [0.25, 0.3) is 0 Å². The van der Waals surface area contributed by atoms with Crippen LogP contribution in [0.15, 0.2) is 78.1 Å². The number of likely N-dealkylation sites (tertiary alicyclic amines) is 1. The van der Waals surface area contributed by atoms with Gasteiger partial charge < -0.3 is 15.0 Å². The van der Waals surface area contributed by atoms with Crippen LogP contribution in [0.2, 0.25) is 5.02 Å². The van der Waals surface area contributed by atoms with Crippen LogP contribution in [0.5, 0.6) is 0 Å². The van der Waals surface area contributed by atoms with E-state index in [9.17, 15) is 14.4 Å². The van der Waals surface area contributed by atoms with Gasteiger partial charge in [-0.25, -0.2) is 9.18 Å². The highest BCUT2D eigenvalue weighted by atomic mass is 35.5. The van der Waals surface area contributed by atoms with Crippen LogP contribution in [-0.2, 0) is 19.9 Å². The molecule has 0 bridgehead atoms. The van der Waals surface area contributed by atoms with Crippen LogP contribution in [0.3, 0.4) is 0 Å². The van der Waals surface area contributed by atoms with Gasteiger partial charge >= 0.3 is 5.97 Å². The number of anilines is 2. The van der Waals surface area contributed by atoms with Crippen LogP contribution in [0.4, 0.5) is 15.8 Å². The van der Waals surface area contributed by atoms with E-state index in [-0.39, 0.29) is 23.4 Å². The molecule has 2 amide bonds. The number of benzene rings is 2. The van der Waals surface area contributed by atoms with Crippen molar-refractivity contribution >= 4 is 52.4 Å². The average Bonchev–Trinajstić information content (AvgIpc) is 3.57. The lowest BCUT2D eigenvalue weighted by Crippen LogP contribution is -2.55. The Morgan fingerprint density at radius 1 is 1.22 bits per heavy atom. The topological polar surface area (TPSA) is 79.0 Å². The number of amides is 2. The molecular weight excluding hydrogens is 568 g/mol. The van der Waals surface area contributed by atoms with Crippen molar-refractivity contribution < 1.29 is 23.5 Å². The van der Waals surface area contributed by atoms with Crippen molar-refractivity contribution in [2.75, 3.05) is 30.4 Å². The van der Waals surface area contributed by atoms with E-state index in [0.717, 1.165) is 12.8 Å². The summed E-state index contributed by atoms with van der Waals surface area (Å²) in [6, 6.07) is 11.2. The first-order chi connectivity index (χ1) is 19.7. The molecule has 4 aliphatic rings. The third-order valence-electron chi connectivity index (χ3n) is 8.57. The number of carbonyl (C=O) groups excluding carboxylic acids is 3. The van der Waals surface area contributed by atoms with Crippen LogP contribution < -0.4 is 10.2 Å². The predicted molar refractivity (Wildman–Crippen MR) is 155 cm³/mol. The molecule has 6 rings (SSSR count). The quantitative estimate of drug-likeness (QED) is 0.323. The predicted octanol–water partition coefficient (Wildman–Crippen LogP) is 5.81. The van der Waals surface area contributed by atoms with Crippen molar-refractivity contribution in [2.45, 2.75) is 24.4 Å². The maximum Gasteiger partial charge on any atom is 0.337 e. The van der Waals surface area contributed by atoms with E-state index >= 15 is 4.39 Å². The van der Waals surface area contributed by atoms with E-state index in [2.05, 4.69) is 16.8 Å². The largest absolute Gasteiger partial charge is 0.465 e. The van der Waals surface area contributed by atoms with Gasteiger partial charge in [0.05, 0.1) is 24.5 Å². The van der Waals surface area contributed by atoms with Crippen LogP contribution in [0, 0.1) is 17.8 Å². The summed E-state index contributed by atoms with van der Waals surface area (Å²) in [6.45, 7) is 4.43. The summed E-state index contributed by atoms with van der Waals surface area (Å²) in [5.41, 5.74) is 0.647. The fourth-order valence-corrected chi connectivity index (χ4v) is 6.93. The lowest BCUT2D eigenvalue weighted by Gasteiger charge is -2.40. The first-order valence-corrected chi connectivity index (χ1v) is 14.2. The van der Waals surface area contributed by atoms with Gasteiger partial charge in [-0.2, -0.15) is 0 Å². The Hall–Kier alpha value is -3.46. The zero-order valence-electron chi connectivity index (χ0n) is 22.3. The number of halogens is 3. The van der Waals surface area contributed by atoms with Crippen molar-refractivity contribution in [1.29, 1.82) is 0 Å². The molecule has 41 heavy (non-hydrogen) atoms. The number of allylic oxidation sites excluding steroid dienone is 4. The Bertz CT molecular complexity index is 1520. The number of methoxy groups -OCH3 is 1. The second-order valence-corrected chi connectivity index (χ2v) is 11.8. The van der Waals surface area contributed by atoms with Gasteiger partial charge in [-0.15, -0.1) is 0 Å². The molecule has 10 heteroatoms. The smallest absolute Gasteiger partial charge is 0.337 e. The molecule has 3 fully saturated rings. The standard InChI is InChI=1S/C31H28Cl2FN3O4/c1-17(32)4-3-5-23(34)27-26-25(16-36(28(26)38)21-11-8-19(9-12-21)29(39)41-2)37(15-18-6-7-18)31(27)22-13-10-20(33)14-24(22)35-30(31)40/h3-5,8-14,18,25-27H,1,6-7,15-16H2,2H3,(H,35,40)/b4-3-,23-5-/t25-,26+,27-,31+/m0/s1. The Morgan fingerprint density at radius 2 is 1.95 bits per heavy atom. The first kappa shape index (κ1) is 27.7. The number of esters is 1. The molecule has 1 saturated carbocycles. The van der Waals surface area contributed by atoms with E-state index < -0.39 is 35.2 Å². The fourth-order valence-electron chi connectivity index (χ4n) is 6.68. The van der Waals surface area contributed by atoms with Gasteiger partial charge in [0.15, 0.2) is 0 Å². The van der Waals surface area contributed by atoms with Gasteiger partial charge in [-0.05, 0) is 67.3 Å². The summed E-state index contributed by atoms with van der Waals surface area (Å²) in [5, 5.41) is 3.61. The molecule has 2 saturated heterocycles. The Balaban J connectivity index is 1.48. The lowest BCUT2D eigenvalue weighted by molar-refractivity contribution is -0.129. The van der Waals surface area contributed by atoms with Gasteiger partial charge in [0, 0.05) is 46.1 Å². The minimum atomic E-state index is -1.43. The van der Waals surface area contributed by atoms with Crippen molar-refractivity contribution in [1.82, 2.24) is 4.90 Å². The van der Waals surface area contributed by atoms with Crippen LogP contribution in [0.25, 0.3) is 0 Å². The maximum atomic E-state index is 16.5. The molecule has 7 nitrogen and oxygen atoms in total. The molecule has 0 unspecified atom stereocenters. The highest BCUT2D eigenvalue weighted by Crippen LogP contribution is 2.60. The van der Waals surface area contributed by atoms with Gasteiger partial charge in [0.2, 0.25) is 11.8 Å². The number of hydrogen-bond acceptors (Lipinski definition) is 5. The molecule has 0 aromatic heterocycles. The Labute approximate surface area is 247 Å². The fraction of sp³-hybridized carbons (Fsp3) is 0.323. The van der Waals surface area contributed by atoms with E-state index in [1.165, 1.54) is 25.3 Å². The first-order valence-electron chi connectivity index (χ1n) is 13.4. The SMILES string of the molecule is C=C(Cl)/C=C\C=C(/F)[C@H]1[C@@H]2C(=O)N(c3ccc(C(=O)OC)cc3)C[C@@H]2N(CC2CC2)[C@@]12C(=O)Nc1cc(Cl)ccc12. The molecule has 3 heterocycles. The molecule has 0 radical (unpaired) electrons. The van der Waals surface area contributed by atoms with E-state index in [1.807, 2.05) is 0 Å². The molecule has 4 atom stereocenters. The summed E-state index contributed by atoms with van der Waals surface area (Å²) in [6.07, 6.45) is 6.18. The van der Waals surface area contributed by atoms with E-state index in [4.69, 9.17) is 27.9 Å². The molecule has 3 aliphatic heterocycles. The van der Waals surface area contributed by atoms with Crippen molar-refractivity contribution in [3.05, 3.63) is 94.3 Å². The van der Waals surface area contributed by atoms with E-state index in [1.54, 1.807) is 47.4 Å². The molecule has 1 N–H and O–H groups in total. The molecular formula is C31H28Cl2FN3O4. The van der Waals surface area contributed by atoms with Crippen LogP contribution in [-0.4, -0.2) is 48.9 Å². The second-order valence-electron chi connectivity index (χ2n) is 10.9. The summed E-state index contributed by atoms with van der Waals surface area (Å²) >= 11 is 12.1. The summed E-state index contributed by atoms with van der Waals surface area (Å²) in [7, 11) is 1.30. The highest BCUT2D eigenvalue weighted by Gasteiger charge is 2.71. The lowest BCUT2D eigenvalue weighted by atomic mass is 9.74. The summed E-state index contributed by atoms with van der Waals surface area (Å²) < 4.78 is 21.3. The van der Waals surface area contributed by atoms with Crippen molar-refractivity contribution in [2.24, 2.45) is 17.8 Å². The number of fused-ring (bicyclic) bond motifs is 3. The van der Waals surface area contributed by atoms with Crippen LogP contribution >= 0.6 is 23.2 Å².